The van der Waals surface area contributed by atoms with Gasteiger partial charge >= 0.3 is 0 Å². The first-order chi connectivity index (χ1) is 15.0. The predicted octanol–water partition coefficient (Wildman–Crippen LogP) is 4.68. The van der Waals surface area contributed by atoms with Crippen molar-refractivity contribution in [2.75, 3.05) is 18.0 Å². The van der Waals surface area contributed by atoms with Crippen LogP contribution in [0.4, 0.5) is 10.1 Å². The Bertz CT molecular complexity index is 1050. The van der Waals surface area contributed by atoms with Crippen LogP contribution in [0.5, 0.6) is 5.75 Å². The third-order valence-electron chi connectivity index (χ3n) is 5.06. The SMILES string of the molecule is CC(=O)NCc1nnc(-c2ccc(N3CCC(Oc4cc(F)ccc4Cl)CC3)cc2)s1. The lowest BCUT2D eigenvalue weighted by Gasteiger charge is -2.34. The minimum absolute atomic E-state index is 0.0123. The lowest BCUT2D eigenvalue weighted by Crippen LogP contribution is -2.38. The summed E-state index contributed by atoms with van der Waals surface area (Å²) >= 11 is 7.58. The summed E-state index contributed by atoms with van der Waals surface area (Å²) in [5, 5.41) is 13.1. The number of hydrogen-bond donors (Lipinski definition) is 1. The first kappa shape index (κ1) is 21.5. The molecule has 0 saturated carbocycles. The van der Waals surface area contributed by atoms with Crippen LogP contribution in [0.3, 0.4) is 0 Å². The third kappa shape index (κ3) is 5.51. The van der Waals surface area contributed by atoms with Gasteiger partial charge in [-0.05, 0) is 36.4 Å². The largest absolute Gasteiger partial charge is 0.489 e. The maximum Gasteiger partial charge on any atom is 0.217 e. The van der Waals surface area contributed by atoms with Gasteiger partial charge in [0.1, 0.15) is 27.7 Å². The van der Waals surface area contributed by atoms with Crippen molar-refractivity contribution >= 4 is 34.5 Å². The predicted molar refractivity (Wildman–Crippen MR) is 120 cm³/mol. The molecule has 1 aliphatic heterocycles. The Hall–Kier alpha value is -2.71. The second-order valence-electron chi connectivity index (χ2n) is 7.34. The summed E-state index contributed by atoms with van der Waals surface area (Å²) in [4.78, 5) is 13.3. The number of nitrogens with zero attached hydrogens (tertiary/aromatic N) is 3. The number of aromatic nitrogens is 2. The van der Waals surface area contributed by atoms with E-state index in [9.17, 15) is 9.18 Å². The lowest BCUT2D eigenvalue weighted by molar-refractivity contribution is -0.119. The van der Waals surface area contributed by atoms with Crippen LogP contribution in [-0.2, 0) is 11.3 Å². The molecule has 1 amide bonds. The van der Waals surface area contributed by atoms with E-state index in [4.69, 9.17) is 16.3 Å². The molecule has 0 bridgehead atoms. The Labute approximate surface area is 189 Å². The third-order valence-corrected chi connectivity index (χ3v) is 6.35. The molecule has 162 valence electrons. The first-order valence-electron chi connectivity index (χ1n) is 10.0. The monoisotopic (exact) mass is 460 g/mol. The number of ether oxygens (including phenoxy) is 1. The molecule has 1 fully saturated rings. The summed E-state index contributed by atoms with van der Waals surface area (Å²) in [6, 6.07) is 12.4. The Balaban J connectivity index is 1.33. The molecule has 1 N–H and O–H groups in total. The second kappa shape index (κ2) is 9.62. The molecule has 2 heterocycles. The minimum atomic E-state index is -0.352. The first-order valence-corrected chi connectivity index (χ1v) is 11.2. The van der Waals surface area contributed by atoms with Gasteiger partial charge in [-0.2, -0.15) is 0 Å². The molecule has 1 aliphatic rings. The van der Waals surface area contributed by atoms with E-state index in [2.05, 4.69) is 32.5 Å². The summed E-state index contributed by atoms with van der Waals surface area (Å²) in [6.07, 6.45) is 1.67. The van der Waals surface area contributed by atoms with E-state index in [1.54, 1.807) is 0 Å². The number of halogens is 2. The summed E-state index contributed by atoms with van der Waals surface area (Å²) in [5.41, 5.74) is 2.13. The Kier molecular flexibility index (Phi) is 6.67. The van der Waals surface area contributed by atoms with Crippen LogP contribution in [0.25, 0.3) is 10.6 Å². The minimum Gasteiger partial charge on any atom is -0.489 e. The molecule has 0 radical (unpaired) electrons. The van der Waals surface area contributed by atoms with Crippen LogP contribution in [0, 0.1) is 5.82 Å². The molecule has 0 unspecified atom stereocenters. The molecular formula is C22H22ClFN4O2S. The van der Waals surface area contributed by atoms with Gasteiger partial charge in [-0.25, -0.2) is 4.39 Å². The molecule has 0 aliphatic carbocycles. The van der Waals surface area contributed by atoms with Crippen molar-refractivity contribution in [3.05, 3.63) is 58.3 Å². The normalized spacial score (nSPS) is 14.5. The maximum atomic E-state index is 13.4. The van der Waals surface area contributed by atoms with Gasteiger partial charge in [-0.15, -0.1) is 10.2 Å². The van der Waals surface area contributed by atoms with Gasteiger partial charge in [-0.3, -0.25) is 4.79 Å². The summed E-state index contributed by atoms with van der Waals surface area (Å²) in [6.45, 7) is 3.56. The molecular weight excluding hydrogens is 439 g/mol. The van der Waals surface area contributed by atoms with Crippen LogP contribution in [0.2, 0.25) is 5.02 Å². The Morgan fingerprint density at radius 1 is 1.23 bits per heavy atom. The zero-order valence-corrected chi connectivity index (χ0v) is 18.5. The molecule has 4 rings (SSSR count). The number of hydrogen-bond acceptors (Lipinski definition) is 6. The van der Waals surface area contributed by atoms with Crippen molar-refractivity contribution in [1.82, 2.24) is 15.5 Å². The van der Waals surface area contributed by atoms with Crippen molar-refractivity contribution in [2.24, 2.45) is 0 Å². The number of nitrogens with one attached hydrogen (secondary N) is 1. The highest BCUT2D eigenvalue weighted by molar-refractivity contribution is 7.14. The standard InChI is InChI=1S/C22H22ClFN4O2S/c1-14(29)25-13-21-26-27-22(31-21)15-2-5-17(6-3-15)28-10-8-18(9-11-28)30-20-12-16(24)4-7-19(20)23/h2-7,12,18H,8-11,13H2,1H3,(H,25,29). The topological polar surface area (TPSA) is 67.4 Å². The van der Waals surface area contributed by atoms with Gasteiger partial charge in [0, 0.05) is 50.2 Å². The van der Waals surface area contributed by atoms with Crippen LogP contribution < -0.4 is 15.0 Å². The van der Waals surface area contributed by atoms with Gasteiger partial charge in [0.05, 0.1) is 11.6 Å². The van der Waals surface area contributed by atoms with Gasteiger partial charge in [0.15, 0.2) is 0 Å². The van der Waals surface area contributed by atoms with E-state index < -0.39 is 0 Å². The van der Waals surface area contributed by atoms with Gasteiger partial charge in [-0.1, -0.05) is 22.9 Å². The number of piperidine rings is 1. The van der Waals surface area contributed by atoms with E-state index in [0.29, 0.717) is 17.3 Å². The van der Waals surface area contributed by atoms with Crippen LogP contribution >= 0.6 is 22.9 Å². The average Bonchev–Trinajstić information content (AvgIpc) is 3.25. The molecule has 6 nitrogen and oxygen atoms in total. The van der Waals surface area contributed by atoms with E-state index >= 15 is 0 Å². The molecule has 0 atom stereocenters. The highest BCUT2D eigenvalue weighted by atomic mass is 35.5. The van der Waals surface area contributed by atoms with E-state index in [1.165, 1.54) is 36.5 Å². The number of carbonyl (C=O) groups is 1. The zero-order chi connectivity index (χ0) is 21.8. The molecule has 31 heavy (non-hydrogen) atoms. The number of carbonyl (C=O) groups excluding carboxylic acids is 1. The van der Waals surface area contributed by atoms with Gasteiger partial charge in [0.2, 0.25) is 5.91 Å². The average molecular weight is 461 g/mol. The summed E-state index contributed by atoms with van der Waals surface area (Å²) < 4.78 is 19.4. The molecule has 9 heteroatoms. The van der Waals surface area contributed by atoms with E-state index in [1.807, 2.05) is 12.1 Å². The van der Waals surface area contributed by atoms with Crippen molar-refractivity contribution in [3.63, 3.8) is 0 Å². The van der Waals surface area contributed by atoms with E-state index in [0.717, 1.165) is 47.2 Å². The van der Waals surface area contributed by atoms with E-state index in [-0.39, 0.29) is 17.8 Å². The molecule has 3 aromatic rings. The van der Waals surface area contributed by atoms with Crippen LogP contribution in [-0.4, -0.2) is 35.3 Å². The lowest BCUT2D eigenvalue weighted by atomic mass is 10.1. The fraction of sp³-hybridized carbons (Fsp3) is 0.318. The molecule has 1 saturated heterocycles. The fourth-order valence-electron chi connectivity index (χ4n) is 3.44. The quantitative estimate of drug-likeness (QED) is 0.578. The van der Waals surface area contributed by atoms with Crippen molar-refractivity contribution in [1.29, 1.82) is 0 Å². The number of rotatable bonds is 6. The fourth-order valence-corrected chi connectivity index (χ4v) is 4.38. The smallest absolute Gasteiger partial charge is 0.217 e. The van der Waals surface area contributed by atoms with Crippen molar-refractivity contribution < 1.29 is 13.9 Å². The highest BCUT2D eigenvalue weighted by Gasteiger charge is 2.22. The Morgan fingerprint density at radius 3 is 2.68 bits per heavy atom. The van der Waals surface area contributed by atoms with Crippen molar-refractivity contribution in [2.45, 2.75) is 32.4 Å². The summed E-state index contributed by atoms with van der Waals surface area (Å²) in [5.74, 6) is -0.0386. The maximum absolute atomic E-state index is 13.4. The highest BCUT2D eigenvalue weighted by Crippen LogP contribution is 2.30. The van der Waals surface area contributed by atoms with Crippen molar-refractivity contribution in [3.8, 4) is 16.3 Å². The Morgan fingerprint density at radius 2 is 1.97 bits per heavy atom. The number of benzene rings is 2. The molecule has 0 spiro atoms. The number of amides is 1. The van der Waals surface area contributed by atoms with Crippen LogP contribution in [0.1, 0.15) is 24.8 Å². The second-order valence-corrected chi connectivity index (χ2v) is 8.81. The van der Waals surface area contributed by atoms with Gasteiger partial charge in [0.25, 0.3) is 0 Å². The zero-order valence-electron chi connectivity index (χ0n) is 17.0. The van der Waals surface area contributed by atoms with Gasteiger partial charge < -0.3 is 15.0 Å². The molecule has 2 aromatic carbocycles. The molecule has 1 aromatic heterocycles. The summed E-state index contributed by atoms with van der Waals surface area (Å²) in [7, 11) is 0. The van der Waals surface area contributed by atoms with Crippen LogP contribution in [0.15, 0.2) is 42.5 Å². The number of anilines is 1.